The molecule has 4 nitrogen and oxygen atoms in total. The van der Waals surface area contributed by atoms with Crippen molar-refractivity contribution in [2.75, 3.05) is 36.5 Å². The first-order valence-electron chi connectivity index (χ1n) is 7.68. The largest absolute Gasteiger partial charge is 0.378 e. The van der Waals surface area contributed by atoms with Crippen LogP contribution in [0, 0.1) is 0 Å². The number of ether oxygens (including phenoxy) is 1. The van der Waals surface area contributed by atoms with Gasteiger partial charge in [-0.2, -0.15) is 0 Å². The Bertz CT molecular complexity index is 667. The van der Waals surface area contributed by atoms with Crippen LogP contribution in [0.1, 0.15) is 5.56 Å². The Morgan fingerprint density at radius 2 is 1.78 bits per heavy atom. The van der Waals surface area contributed by atoms with Crippen LogP contribution in [0.15, 0.2) is 53.0 Å². The number of rotatable bonds is 4. The van der Waals surface area contributed by atoms with Gasteiger partial charge >= 0.3 is 0 Å². The fourth-order valence-electron chi connectivity index (χ4n) is 2.60. The number of hydrogen-bond donors (Lipinski definition) is 1. The first-order chi connectivity index (χ1) is 11.2. The Balaban J connectivity index is 1.59. The second kappa shape index (κ2) is 7.62. The number of morpholine rings is 1. The van der Waals surface area contributed by atoms with Gasteiger partial charge in [-0.3, -0.25) is 4.79 Å². The number of benzene rings is 2. The molecule has 0 bridgehead atoms. The third-order valence-electron chi connectivity index (χ3n) is 3.84. The minimum absolute atomic E-state index is 0.0176. The minimum Gasteiger partial charge on any atom is -0.378 e. The van der Waals surface area contributed by atoms with Gasteiger partial charge in [0.15, 0.2) is 0 Å². The molecule has 1 N–H and O–H groups in total. The van der Waals surface area contributed by atoms with Crippen LogP contribution in [0.25, 0.3) is 0 Å². The number of carbonyl (C=O) groups is 1. The van der Waals surface area contributed by atoms with E-state index in [1.54, 1.807) is 0 Å². The zero-order valence-corrected chi connectivity index (χ0v) is 14.4. The van der Waals surface area contributed by atoms with Crippen LogP contribution in [0.2, 0.25) is 0 Å². The average Bonchev–Trinajstić information content (AvgIpc) is 2.58. The van der Waals surface area contributed by atoms with Crippen LogP contribution in [-0.2, 0) is 16.0 Å². The van der Waals surface area contributed by atoms with Gasteiger partial charge in [0.05, 0.1) is 19.6 Å². The van der Waals surface area contributed by atoms with E-state index in [-0.39, 0.29) is 5.91 Å². The number of hydrogen-bond acceptors (Lipinski definition) is 3. The Kier molecular flexibility index (Phi) is 5.31. The molecule has 2 aromatic carbocycles. The Labute approximate surface area is 144 Å². The summed E-state index contributed by atoms with van der Waals surface area (Å²) in [5.41, 5.74) is 2.96. The highest BCUT2D eigenvalue weighted by molar-refractivity contribution is 9.10. The normalized spacial score (nSPS) is 14.6. The van der Waals surface area contributed by atoms with Crippen LogP contribution in [-0.4, -0.2) is 32.2 Å². The second-order valence-corrected chi connectivity index (χ2v) is 6.32. The molecular formula is C18H19BrN2O2. The summed E-state index contributed by atoms with van der Waals surface area (Å²) in [6.45, 7) is 3.36. The lowest BCUT2D eigenvalue weighted by molar-refractivity contribution is -0.115. The molecule has 0 atom stereocenters. The van der Waals surface area contributed by atoms with E-state index in [0.717, 1.165) is 47.7 Å². The van der Waals surface area contributed by atoms with Crippen molar-refractivity contribution in [2.24, 2.45) is 0 Å². The molecule has 3 rings (SSSR count). The molecule has 1 fully saturated rings. The number of halogens is 1. The monoisotopic (exact) mass is 374 g/mol. The predicted octanol–water partition coefficient (Wildman–Crippen LogP) is 3.47. The molecule has 23 heavy (non-hydrogen) atoms. The fraction of sp³-hybridized carbons (Fsp3) is 0.278. The number of carbonyl (C=O) groups excluding carboxylic acids is 1. The summed E-state index contributed by atoms with van der Waals surface area (Å²) in [4.78, 5) is 14.4. The molecule has 120 valence electrons. The molecule has 1 aliphatic rings. The van der Waals surface area contributed by atoms with Crippen molar-refractivity contribution in [3.63, 3.8) is 0 Å². The summed E-state index contributed by atoms with van der Waals surface area (Å²) in [5, 5.41) is 2.94. The molecule has 2 aromatic rings. The van der Waals surface area contributed by atoms with E-state index in [9.17, 15) is 4.79 Å². The van der Waals surface area contributed by atoms with Crippen molar-refractivity contribution in [1.82, 2.24) is 0 Å². The summed E-state index contributed by atoms with van der Waals surface area (Å²) < 4.78 is 6.32. The van der Waals surface area contributed by atoms with Crippen LogP contribution >= 0.6 is 15.9 Å². The Hall–Kier alpha value is -1.85. The topological polar surface area (TPSA) is 41.6 Å². The van der Waals surface area contributed by atoms with Crippen molar-refractivity contribution in [3.8, 4) is 0 Å². The molecule has 0 saturated carbocycles. The molecule has 1 amide bonds. The zero-order valence-electron chi connectivity index (χ0n) is 12.8. The van der Waals surface area contributed by atoms with E-state index >= 15 is 0 Å². The molecule has 1 heterocycles. The van der Waals surface area contributed by atoms with Gasteiger partial charge < -0.3 is 15.0 Å². The molecule has 0 unspecified atom stereocenters. The zero-order chi connectivity index (χ0) is 16.1. The van der Waals surface area contributed by atoms with E-state index in [2.05, 4.69) is 26.1 Å². The number of amides is 1. The second-order valence-electron chi connectivity index (χ2n) is 5.46. The van der Waals surface area contributed by atoms with Gasteiger partial charge in [0.2, 0.25) is 5.91 Å². The summed E-state index contributed by atoms with van der Waals surface area (Å²) in [6, 6.07) is 15.7. The third kappa shape index (κ3) is 4.33. The summed E-state index contributed by atoms with van der Waals surface area (Å²) >= 11 is 3.47. The maximum absolute atomic E-state index is 12.2. The van der Waals surface area contributed by atoms with Crippen LogP contribution in [0.5, 0.6) is 0 Å². The van der Waals surface area contributed by atoms with Crippen molar-refractivity contribution in [3.05, 3.63) is 58.6 Å². The quantitative estimate of drug-likeness (QED) is 0.890. The van der Waals surface area contributed by atoms with E-state index in [0.29, 0.717) is 6.42 Å². The Morgan fingerprint density at radius 3 is 2.48 bits per heavy atom. The van der Waals surface area contributed by atoms with Gasteiger partial charge in [-0.05, 0) is 35.9 Å². The van der Waals surface area contributed by atoms with Gasteiger partial charge in [-0.25, -0.2) is 0 Å². The maximum atomic E-state index is 12.2. The number of nitrogens with zero attached hydrogens (tertiary/aromatic N) is 1. The van der Waals surface area contributed by atoms with Gasteiger partial charge in [-0.1, -0.05) is 34.1 Å². The third-order valence-corrected chi connectivity index (χ3v) is 4.61. The van der Waals surface area contributed by atoms with Gasteiger partial charge in [0.25, 0.3) is 0 Å². The molecule has 5 heteroatoms. The summed E-state index contributed by atoms with van der Waals surface area (Å²) in [6.07, 6.45) is 0.354. The molecule has 1 aliphatic heterocycles. The van der Waals surface area contributed by atoms with Crippen molar-refractivity contribution < 1.29 is 9.53 Å². The lowest BCUT2D eigenvalue weighted by atomic mass is 10.1. The molecular weight excluding hydrogens is 356 g/mol. The van der Waals surface area contributed by atoms with E-state index < -0.39 is 0 Å². The summed E-state index contributed by atoms with van der Waals surface area (Å²) in [5.74, 6) is -0.0176. The van der Waals surface area contributed by atoms with E-state index in [4.69, 9.17) is 4.74 Å². The van der Waals surface area contributed by atoms with Gasteiger partial charge in [-0.15, -0.1) is 0 Å². The first-order valence-corrected chi connectivity index (χ1v) is 8.48. The first kappa shape index (κ1) is 16.0. The van der Waals surface area contributed by atoms with E-state index in [1.165, 1.54) is 0 Å². The fourth-order valence-corrected chi connectivity index (χ4v) is 3.02. The molecule has 0 spiro atoms. The maximum Gasteiger partial charge on any atom is 0.228 e. The van der Waals surface area contributed by atoms with Crippen LogP contribution < -0.4 is 10.2 Å². The highest BCUT2D eigenvalue weighted by Gasteiger charge is 2.11. The lowest BCUT2D eigenvalue weighted by Gasteiger charge is -2.28. The molecule has 0 radical (unpaired) electrons. The van der Waals surface area contributed by atoms with Crippen molar-refractivity contribution in [2.45, 2.75) is 6.42 Å². The highest BCUT2D eigenvalue weighted by atomic mass is 79.9. The number of nitrogens with one attached hydrogen (secondary N) is 1. The summed E-state index contributed by atoms with van der Waals surface area (Å²) in [7, 11) is 0. The highest BCUT2D eigenvalue weighted by Crippen LogP contribution is 2.20. The molecule has 0 aromatic heterocycles. The predicted molar refractivity (Wildman–Crippen MR) is 95.9 cm³/mol. The molecule has 1 saturated heterocycles. The van der Waals surface area contributed by atoms with Crippen molar-refractivity contribution in [1.29, 1.82) is 0 Å². The average molecular weight is 375 g/mol. The smallest absolute Gasteiger partial charge is 0.228 e. The van der Waals surface area contributed by atoms with Gasteiger partial charge in [0.1, 0.15) is 0 Å². The standard InChI is InChI=1S/C18H19BrN2O2/c19-17-4-2-1-3-14(17)13-18(22)20-15-5-7-16(8-6-15)21-9-11-23-12-10-21/h1-8H,9-13H2,(H,20,22). The van der Waals surface area contributed by atoms with E-state index in [1.807, 2.05) is 48.5 Å². The van der Waals surface area contributed by atoms with Crippen LogP contribution in [0.4, 0.5) is 11.4 Å². The minimum atomic E-state index is -0.0176. The van der Waals surface area contributed by atoms with Gasteiger partial charge in [0, 0.05) is 28.9 Å². The van der Waals surface area contributed by atoms with Crippen LogP contribution in [0.3, 0.4) is 0 Å². The SMILES string of the molecule is O=C(Cc1ccccc1Br)Nc1ccc(N2CCOCC2)cc1. The lowest BCUT2D eigenvalue weighted by Crippen LogP contribution is -2.36. The Morgan fingerprint density at radius 1 is 1.09 bits per heavy atom. The number of anilines is 2. The van der Waals surface area contributed by atoms with Crippen molar-refractivity contribution >= 4 is 33.2 Å². The molecule has 0 aliphatic carbocycles.